The van der Waals surface area contributed by atoms with Crippen LogP contribution in [0, 0.1) is 0 Å². The van der Waals surface area contributed by atoms with E-state index in [1.54, 1.807) is 12.3 Å². The molecule has 130 valence electrons. The molecule has 24 heavy (non-hydrogen) atoms. The van der Waals surface area contributed by atoms with Crippen LogP contribution in [0.1, 0.15) is 22.5 Å². The van der Waals surface area contributed by atoms with Crippen molar-refractivity contribution in [3.8, 4) is 5.75 Å². The van der Waals surface area contributed by atoms with Gasteiger partial charge in [-0.25, -0.2) is 0 Å². The lowest BCUT2D eigenvalue weighted by molar-refractivity contribution is 0.0950. The predicted octanol–water partition coefficient (Wildman–Crippen LogP) is 3.08. The van der Waals surface area contributed by atoms with E-state index in [1.807, 2.05) is 24.3 Å². The van der Waals surface area contributed by atoms with Gasteiger partial charge in [-0.3, -0.25) is 4.79 Å². The van der Waals surface area contributed by atoms with Crippen LogP contribution >= 0.6 is 15.9 Å². The van der Waals surface area contributed by atoms with Crippen LogP contribution in [0.15, 0.2) is 41.0 Å². The van der Waals surface area contributed by atoms with E-state index in [1.165, 1.54) is 0 Å². The maximum absolute atomic E-state index is 11.8. The molecule has 0 aliphatic carbocycles. The average molecular weight is 394 g/mol. The molecule has 0 spiro atoms. The van der Waals surface area contributed by atoms with Crippen molar-refractivity contribution in [2.24, 2.45) is 0 Å². The second-order valence-electron chi connectivity index (χ2n) is 5.86. The van der Waals surface area contributed by atoms with E-state index in [-0.39, 0.29) is 5.91 Å². The minimum atomic E-state index is -0.0834. The van der Waals surface area contributed by atoms with Crippen LogP contribution in [0.4, 0.5) is 0 Å². The molecule has 0 fully saturated rings. The van der Waals surface area contributed by atoms with Crippen LogP contribution in [-0.2, 0) is 6.42 Å². The van der Waals surface area contributed by atoms with Crippen LogP contribution in [0.3, 0.4) is 0 Å². The molecule has 1 aromatic heterocycles. The van der Waals surface area contributed by atoms with Crippen molar-refractivity contribution in [3.05, 3.63) is 52.3 Å². The molecule has 0 saturated carbocycles. The summed E-state index contributed by atoms with van der Waals surface area (Å²) in [5, 5.41) is 2.90. The summed E-state index contributed by atoms with van der Waals surface area (Å²) >= 11 is 3.55. The SMILES string of the molecule is CN(C)CCCOc1ccc(CCNC(=O)c2ccc[nH]2)cc1Br. The highest BCUT2D eigenvalue weighted by molar-refractivity contribution is 9.10. The van der Waals surface area contributed by atoms with Gasteiger partial charge in [0.1, 0.15) is 11.4 Å². The van der Waals surface area contributed by atoms with Crippen molar-refractivity contribution in [1.29, 1.82) is 0 Å². The van der Waals surface area contributed by atoms with Gasteiger partial charge in [0.05, 0.1) is 11.1 Å². The number of nitrogens with one attached hydrogen (secondary N) is 2. The van der Waals surface area contributed by atoms with Gasteiger partial charge < -0.3 is 19.9 Å². The molecule has 0 radical (unpaired) electrons. The van der Waals surface area contributed by atoms with Crippen LogP contribution in [0.5, 0.6) is 5.75 Å². The number of ether oxygens (including phenoxy) is 1. The molecule has 2 N–H and O–H groups in total. The van der Waals surface area contributed by atoms with Gasteiger partial charge in [0.25, 0.3) is 5.91 Å². The lowest BCUT2D eigenvalue weighted by Crippen LogP contribution is -2.25. The smallest absolute Gasteiger partial charge is 0.267 e. The lowest BCUT2D eigenvalue weighted by atomic mass is 10.1. The Balaban J connectivity index is 1.76. The van der Waals surface area contributed by atoms with E-state index in [4.69, 9.17) is 4.74 Å². The molecule has 0 atom stereocenters. The Labute approximate surface area is 151 Å². The lowest BCUT2D eigenvalue weighted by Gasteiger charge is -2.12. The van der Waals surface area contributed by atoms with Gasteiger partial charge in [-0.1, -0.05) is 6.07 Å². The molecular formula is C18H24BrN3O2. The third kappa shape index (κ3) is 6.02. The zero-order valence-electron chi connectivity index (χ0n) is 14.1. The molecule has 0 bridgehead atoms. The predicted molar refractivity (Wildman–Crippen MR) is 99.6 cm³/mol. The summed E-state index contributed by atoms with van der Waals surface area (Å²) in [6.07, 6.45) is 3.50. The van der Waals surface area contributed by atoms with Crippen molar-refractivity contribution < 1.29 is 9.53 Å². The number of aromatic nitrogens is 1. The highest BCUT2D eigenvalue weighted by atomic mass is 79.9. The Morgan fingerprint density at radius 1 is 1.33 bits per heavy atom. The summed E-state index contributed by atoms with van der Waals surface area (Å²) in [7, 11) is 4.11. The van der Waals surface area contributed by atoms with Gasteiger partial charge in [0.2, 0.25) is 0 Å². The topological polar surface area (TPSA) is 57.4 Å². The fraction of sp³-hybridized carbons (Fsp3) is 0.389. The first kappa shape index (κ1) is 18.5. The first-order chi connectivity index (χ1) is 11.6. The van der Waals surface area contributed by atoms with Gasteiger partial charge in [-0.2, -0.15) is 0 Å². The number of amides is 1. The largest absolute Gasteiger partial charge is 0.492 e. The minimum Gasteiger partial charge on any atom is -0.492 e. The Kier molecular flexibility index (Phi) is 7.34. The second-order valence-corrected chi connectivity index (χ2v) is 6.71. The Morgan fingerprint density at radius 2 is 2.17 bits per heavy atom. The van der Waals surface area contributed by atoms with Gasteiger partial charge in [-0.15, -0.1) is 0 Å². The quantitative estimate of drug-likeness (QED) is 0.643. The third-order valence-corrected chi connectivity index (χ3v) is 4.17. The number of halogens is 1. The summed E-state index contributed by atoms with van der Waals surface area (Å²) in [6.45, 7) is 2.30. The molecule has 2 aromatic rings. The molecule has 1 aromatic carbocycles. The zero-order valence-corrected chi connectivity index (χ0v) is 15.7. The van der Waals surface area contributed by atoms with Gasteiger partial charge in [0, 0.05) is 19.3 Å². The molecule has 0 aliphatic rings. The van der Waals surface area contributed by atoms with Gasteiger partial charge in [0.15, 0.2) is 0 Å². The van der Waals surface area contributed by atoms with Gasteiger partial charge in [-0.05, 0) is 72.7 Å². The highest BCUT2D eigenvalue weighted by Gasteiger charge is 2.06. The molecule has 5 nitrogen and oxygen atoms in total. The molecule has 0 aliphatic heterocycles. The third-order valence-electron chi connectivity index (χ3n) is 3.55. The number of carbonyl (C=O) groups is 1. The van der Waals surface area contributed by atoms with E-state index < -0.39 is 0 Å². The maximum Gasteiger partial charge on any atom is 0.267 e. The number of hydrogen-bond acceptors (Lipinski definition) is 3. The van der Waals surface area contributed by atoms with Crippen molar-refractivity contribution in [3.63, 3.8) is 0 Å². The number of H-pyrrole nitrogens is 1. The first-order valence-corrected chi connectivity index (χ1v) is 8.83. The number of rotatable bonds is 9. The minimum absolute atomic E-state index is 0.0834. The summed E-state index contributed by atoms with van der Waals surface area (Å²) in [5.74, 6) is 0.771. The summed E-state index contributed by atoms with van der Waals surface area (Å²) in [4.78, 5) is 16.9. The molecule has 1 heterocycles. The van der Waals surface area contributed by atoms with Crippen molar-refractivity contribution in [1.82, 2.24) is 15.2 Å². The summed E-state index contributed by atoms with van der Waals surface area (Å²) in [5.41, 5.74) is 1.73. The fourth-order valence-electron chi connectivity index (χ4n) is 2.27. The van der Waals surface area contributed by atoms with Crippen LogP contribution in [0.25, 0.3) is 0 Å². The highest BCUT2D eigenvalue weighted by Crippen LogP contribution is 2.26. The van der Waals surface area contributed by atoms with Crippen molar-refractivity contribution in [2.45, 2.75) is 12.8 Å². The average Bonchev–Trinajstić information content (AvgIpc) is 3.07. The molecule has 0 saturated heterocycles. The van der Waals surface area contributed by atoms with Crippen LogP contribution < -0.4 is 10.1 Å². The van der Waals surface area contributed by atoms with E-state index in [0.717, 1.165) is 35.2 Å². The Bertz CT molecular complexity index is 642. The first-order valence-electron chi connectivity index (χ1n) is 8.04. The second kappa shape index (κ2) is 9.49. The molecule has 2 rings (SSSR count). The number of hydrogen-bond donors (Lipinski definition) is 2. The maximum atomic E-state index is 11.8. The van der Waals surface area contributed by atoms with E-state index in [2.05, 4.69) is 45.2 Å². The van der Waals surface area contributed by atoms with Crippen molar-refractivity contribution >= 4 is 21.8 Å². The zero-order chi connectivity index (χ0) is 17.4. The standard InChI is InChI=1S/C18H24BrN3O2/c1-22(2)11-4-12-24-17-7-6-14(13-15(17)19)8-10-21-18(23)16-5-3-9-20-16/h3,5-7,9,13,20H,4,8,10-12H2,1-2H3,(H,21,23). The van der Waals surface area contributed by atoms with Crippen LogP contribution in [-0.4, -0.2) is 49.6 Å². The summed E-state index contributed by atoms with van der Waals surface area (Å²) < 4.78 is 6.73. The number of benzene rings is 1. The van der Waals surface area contributed by atoms with Crippen molar-refractivity contribution in [2.75, 3.05) is 33.8 Å². The fourth-order valence-corrected chi connectivity index (χ4v) is 2.81. The molecule has 1 amide bonds. The van der Waals surface area contributed by atoms with E-state index >= 15 is 0 Å². The monoisotopic (exact) mass is 393 g/mol. The number of carbonyl (C=O) groups excluding carboxylic acids is 1. The van der Waals surface area contributed by atoms with E-state index in [0.29, 0.717) is 18.8 Å². The van der Waals surface area contributed by atoms with Crippen LogP contribution in [0.2, 0.25) is 0 Å². The number of aromatic amines is 1. The summed E-state index contributed by atoms with van der Waals surface area (Å²) in [6, 6.07) is 9.62. The van der Waals surface area contributed by atoms with E-state index in [9.17, 15) is 4.79 Å². The number of nitrogens with zero attached hydrogens (tertiary/aromatic N) is 1. The Hall–Kier alpha value is -1.79. The normalized spacial score (nSPS) is 10.8. The molecule has 6 heteroatoms. The molecule has 0 unspecified atom stereocenters. The molecular weight excluding hydrogens is 370 g/mol. The van der Waals surface area contributed by atoms with Gasteiger partial charge >= 0.3 is 0 Å². The Morgan fingerprint density at radius 3 is 2.83 bits per heavy atom.